The Kier molecular flexibility index (Phi) is 2.24. The molecule has 0 radical (unpaired) electrons. The molecule has 0 atom stereocenters. The van der Waals surface area contributed by atoms with Gasteiger partial charge in [0.05, 0.1) is 17.4 Å². The third kappa shape index (κ3) is 1.34. The van der Waals surface area contributed by atoms with Crippen LogP contribution in [-0.2, 0) is 14.3 Å². The molecular weight excluding hydrogens is 196 g/mol. The fourth-order valence-corrected chi connectivity index (χ4v) is 3.06. The maximum atomic E-state index is 11.8. The first-order chi connectivity index (χ1) is 7.05. The van der Waals surface area contributed by atoms with E-state index in [1.807, 2.05) is 0 Å². The average Bonchev–Trinajstić information content (AvgIpc) is 2.76. The number of carboxylic acids is 1. The Balaban J connectivity index is 2.16. The minimum absolute atomic E-state index is 0.189. The van der Waals surface area contributed by atoms with Gasteiger partial charge >= 0.3 is 11.9 Å². The number of fused-ring (bicyclic) bond motifs is 2. The van der Waals surface area contributed by atoms with Gasteiger partial charge in [-0.3, -0.25) is 9.59 Å². The van der Waals surface area contributed by atoms with Crippen molar-refractivity contribution in [2.24, 2.45) is 10.8 Å². The van der Waals surface area contributed by atoms with Crippen molar-refractivity contribution in [1.29, 1.82) is 0 Å². The lowest BCUT2D eigenvalue weighted by Crippen LogP contribution is -2.28. The Bertz CT molecular complexity index is 300. The monoisotopic (exact) mass is 212 g/mol. The van der Waals surface area contributed by atoms with E-state index in [9.17, 15) is 9.59 Å². The number of hydrogen-bond donors (Lipinski definition) is 1. The van der Waals surface area contributed by atoms with Crippen LogP contribution in [0.5, 0.6) is 0 Å². The highest BCUT2D eigenvalue weighted by atomic mass is 16.5. The van der Waals surface area contributed by atoms with Crippen molar-refractivity contribution in [3.63, 3.8) is 0 Å². The van der Waals surface area contributed by atoms with Crippen LogP contribution in [0.2, 0.25) is 0 Å². The van der Waals surface area contributed by atoms with Crippen molar-refractivity contribution in [3.8, 4) is 0 Å². The number of esters is 1. The van der Waals surface area contributed by atoms with E-state index < -0.39 is 16.8 Å². The number of carbonyl (C=O) groups is 2. The van der Waals surface area contributed by atoms with Gasteiger partial charge < -0.3 is 9.84 Å². The van der Waals surface area contributed by atoms with Gasteiger partial charge in [0.2, 0.25) is 0 Å². The highest BCUT2D eigenvalue weighted by Crippen LogP contribution is 2.62. The van der Waals surface area contributed by atoms with E-state index in [2.05, 4.69) is 0 Å². The zero-order valence-electron chi connectivity index (χ0n) is 8.91. The summed E-state index contributed by atoms with van der Waals surface area (Å²) in [4.78, 5) is 22.9. The largest absolute Gasteiger partial charge is 0.481 e. The summed E-state index contributed by atoms with van der Waals surface area (Å²) in [5, 5.41) is 9.16. The van der Waals surface area contributed by atoms with Crippen molar-refractivity contribution in [3.05, 3.63) is 0 Å². The summed E-state index contributed by atoms with van der Waals surface area (Å²) >= 11 is 0. The Morgan fingerprint density at radius 1 is 1.20 bits per heavy atom. The zero-order chi connectivity index (χ0) is 11.1. The van der Waals surface area contributed by atoms with Gasteiger partial charge in [0.25, 0.3) is 0 Å². The van der Waals surface area contributed by atoms with Crippen LogP contribution in [0.25, 0.3) is 0 Å². The highest BCUT2D eigenvalue weighted by molar-refractivity contribution is 5.83. The Morgan fingerprint density at radius 2 is 1.73 bits per heavy atom. The van der Waals surface area contributed by atoms with Crippen molar-refractivity contribution >= 4 is 11.9 Å². The summed E-state index contributed by atoms with van der Waals surface area (Å²) < 4.78 is 5.04. The van der Waals surface area contributed by atoms with Crippen LogP contribution >= 0.6 is 0 Å². The molecule has 0 amide bonds. The Labute approximate surface area is 88.6 Å². The second-order valence-electron chi connectivity index (χ2n) is 4.76. The molecule has 0 unspecified atom stereocenters. The van der Waals surface area contributed by atoms with Crippen LogP contribution in [0, 0.1) is 10.8 Å². The van der Waals surface area contributed by atoms with E-state index in [1.54, 1.807) is 6.92 Å². The lowest BCUT2D eigenvalue weighted by atomic mass is 9.82. The van der Waals surface area contributed by atoms with E-state index >= 15 is 0 Å². The summed E-state index contributed by atoms with van der Waals surface area (Å²) in [5.74, 6) is -0.934. The van der Waals surface area contributed by atoms with E-state index in [-0.39, 0.29) is 5.97 Å². The Hall–Kier alpha value is -1.06. The summed E-state index contributed by atoms with van der Waals surface area (Å²) in [5.41, 5.74) is -1.11. The van der Waals surface area contributed by atoms with Gasteiger partial charge in [0.1, 0.15) is 0 Å². The number of rotatable bonds is 3. The molecule has 4 nitrogen and oxygen atoms in total. The minimum atomic E-state index is -0.744. The van der Waals surface area contributed by atoms with Gasteiger partial charge in [0.15, 0.2) is 0 Å². The molecule has 4 heteroatoms. The SMILES string of the molecule is CCOC(=O)C12CCC(C(=O)O)(CC1)C2. The normalized spacial score (nSPS) is 37.9. The van der Waals surface area contributed by atoms with Gasteiger partial charge in [0, 0.05) is 0 Å². The minimum Gasteiger partial charge on any atom is -0.481 e. The predicted molar refractivity (Wildman–Crippen MR) is 52.2 cm³/mol. The molecule has 0 spiro atoms. The molecule has 2 bridgehead atoms. The number of aliphatic carboxylic acids is 1. The standard InChI is InChI=1S/C11H16O4/c1-2-15-9(14)11-5-3-10(7-11,4-6-11)8(12)13/h2-7H2,1H3,(H,12,13). The molecule has 0 heterocycles. The first kappa shape index (κ1) is 10.5. The molecule has 2 aliphatic carbocycles. The first-order valence-electron chi connectivity index (χ1n) is 5.45. The van der Waals surface area contributed by atoms with E-state index in [0.29, 0.717) is 38.7 Å². The van der Waals surface area contributed by atoms with Gasteiger partial charge in [-0.2, -0.15) is 0 Å². The molecule has 0 aromatic heterocycles. The molecule has 2 fully saturated rings. The summed E-state index contributed by atoms with van der Waals surface area (Å²) in [6.45, 7) is 2.16. The number of carbonyl (C=O) groups excluding carboxylic acids is 1. The number of carboxylic acid groups (broad SMARTS) is 1. The van der Waals surface area contributed by atoms with Gasteiger partial charge in [-0.25, -0.2) is 0 Å². The third-order valence-electron chi connectivity index (χ3n) is 4.00. The fraction of sp³-hybridized carbons (Fsp3) is 0.818. The predicted octanol–water partition coefficient (Wildman–Crippen LogP) is 1.58. The molecule has 2 aliphatic rings. The molecule has 0 aromatic carbocycles. The van der Waals surface area contributed by atoms with Crippen molar-refractivity contribution < 1.29 is 19.4 Å². The maximum Gasteiger partial charge on any atom is 0.312 e. The maximum absolute atomic E-state index is 11.8. The van der Waals surface area contributed by atoms with Crippen LogP contribution in [0.3, 0.4) is 0 Å². The molecule has 0 saturated heterocycles. The van der Waals surface area contributed by atoms with Gasteiger partial charge in [-0.05, 0) is 39.0 Å². The summed E-state index contributed by atoms with van der Waals surface area (Å²) in [6.07, 6.45) is 3.09. The molecule has 2 rings (SSSR count). The fourth-order valence-electron chi connectivity index (χ4n) is 3.06. The zero-order valence-corrected chi connectivity index (χ0v) is 8.91. The van der Waals surface area contributed by atoms with Crippen molar-refractivity contribution in [2.45, 2.75) is 39.0 Å². The second-order valence-corrected chi connectivity index (χ2v) is 4.76. The van der Waals surface area contributed by atoms with E-state index in [1.165, 1.54) is 0 Å². The van der Waals surface area contributed by atoms with Crippen LogP contribution in [0.15, 0.2) is 0 Å². The molecule has 1 N–H and O–H groups in total. The lowest BCUT2D eigenvalue weighted by molar-refractivity contribution is -0.154. The third-order valence-corrected chi connectivity index (χ3v) is 4.00. The van der Waals surface area contributed by atoms with E-state index in [4.69, 9.17) is 9.84 Å². The second kappa shape index (κ2) is 3.22. The molecule has 84 valence electrons. The van der Waals surface area contributed by atoms with Crippen LogP contribution in [0.4, 0.5) is 0 Å². The van der Waals surface area contributed by atoms with Crippen molar-refractivity contribution in [1.82, 2.24) is 0 Å². The topological polar surface area (TPSA) is 63.6 Å². The molecule has 15 heavy (non-hydrogen) atoms. The summed E-state index contributed by atoms with van der Waals surface area (Å²) in [6, 6.07) is 0. The van der Waals surface area contributed by atoms with Crippen molar-refractivity contribution in [2.75, 3.05) is 6.61 Å². The molecule has 2 saturated carbocycles. The smallest absolute Gasteiger partial charge is 0.312 e. The number of ether oxygens (including phenoxy) is 1. The van der Waals surface area contributed by atoms with Crippen LogP contribution in [-0.4, -0.2) is 23.7 Å². The Morgan fingerprint density at radius 3 is 2.13 bits per heavy atom. The molecule has 0 aliphatic heterocycles. The number of hydrogen-bond acceptors (Lipinski definition) is 3. The van der Waals surface area contributed by atoms with Crippen LogP contribution < -0.4 is 0 Å². The highest BCUT2D eigenvalue weighted by Gasteiger charge is 2.62. The van der Waals surface area contributed by atoms with Gasteiger partial charge in [-0.15, -0.1) is 0 Å². The average molecular weight is 212 g/mol. The van der Waals surface area contributed by atoms with Crippen LogP contribution in [0.1, 0.15) is 39.0 Å². The molecular formula is C11H16O4. The first-order valence-corrected chi connectivity index (χ1v) is 5.45. The quantitative estimate of drug-likeness (QED) is 0.721. The lowest BCUT2D eigenvalue weighted by Gasteiger charge is -2.24. The van der Waals surface area contributed by atoms with Gasteiger partial charge in [-0.1, -0.05) is 0 Å². The molecule has 0 aromatic rings. The summed E-state index contributed by atoms with van der Waals surface area (Å²) in [7, 11) is 0. The van der Waals surface area contributed by atoms with E-state index in [0.717, 1.165) is 0 Å².